The highest BCUT2D eigenvalue weighted by atomic mass is 16.5. The molecule has 2 rings (SSSR count). The van der Waals surface area contributed by atoms with Crippen LogP contribution in [0.25, 0.3) is 5.69 Å². The van der Waals surface area contributed by atoms with Crippen LogP contribution in [0.1, 0.15) is 42.9 Å². The summed E-state index contributed by atoms with van der Waals surface area (Å²) in [6.07, 6.45) is 1.81. The van der Waals surface area contributed by atoms with E-state index in [1.165, 1.54) is 0 Å². The van der Waals surface area contributed by atoms with Gasteiger partial charge in [0.15, 0.2) is 5.69 Å². The van der Waals surface area contributed by atoms with E-state index in [0.717, 1.165) is 18.5 Å². The normalized spacial score (nSPS) is 9.81. The number of carbonyl (C=O) groups is 1. The van der Waals surface area contributed by atoms with Gasteiger partial charge in [-0.15, -0.1) is 0 Å². The summed E-state index contributed by atoms with van der Waals surface area (Å²) >= 11 is 0. The minimum absolute atomic E-state index is 0.279. The van der Waals surface area contributed by atoms with Crippen molar-refractivity contribution < 1.29 is 9.53 Å². The van der Waals surface area contributed by atoms with Crippen molar-refractivity contribution in [2.45, 2.75) is 26.7 Å². The number of benzene rings is 1. The number of hydrogen-bond acceptors (Lipinski definition) is 3. The van der Waals surface area contributed by atoms with Gasteiger partial charge in [0.2, 0.25) is 0 Å². The van der Waals surface area contributed by atoms with Crippen LogP contribution in [0.4, 0.5) is 0 Å². The number of esters is 1. The van der Waals surface area contributed by atoms with Crippen molar-refractivity contribution in [3.8, 4) is 17.5 Å². The van der Waals surface area contributed by atoms with Crippen LogP contribution in [0.5, 0.6) is 0 Å². The fourth-order valence-electron chi connectivity index (χ4n) is 1.82. The zero-order valence-electron chi connectivity index (χ0n) is 12.3. The number of rotatable bonds is 4. The Morgan fingerprint density at radius 2 is 2.05 bits per heavy atom. The lowest BCUT2D eigenvalue weighted by Crippen LogP contribution is -2.06. The predicted octanol–water partition coefficient (Wildman–Crippen LogP) is 3.20. The molecule has 0 bridgehead atoms. The van der Waals surface area contributed by atoms with E-state index in [4.69, 9.17) is 4.74 Å². The molecule has 4 heteroatoms. The Bertz CT molecular complexity index is 663. The SMILES string of the molecule is CCCC#Cc1cc(C(=O)OCC)nn1-c1ccccc1. The maximum absolute atomic E-state index is 11.8. The van der Waals surface area contributed by atoms with Crippen LogP contribution in [0, 0.1) is 11.8 Å². The Morgan fingerprint density at radius 3 is 2.71 bits per heavy atom. The second-order valence-electron chi connectivity index (χ2n) is 4.43. The summed E-state index contributed by atoms with van der Waals surface area (Å²) < 4.78 is 6.67. The van der Waals surface area contributed by atoms with Crippen molar-refractivity contribution in [1.29, 1.82) is 0 Å². The first kappa shape index (κ1) is 14.9. The molecule has 0 aliphatic carbocycles. The van der Waals surface area contributed by atoms with Crippen LogP contribution in [-0.2, 0) is 4.74 Å². The van der Waals surface area contributed by atoms with Crippen LogP contribution in [0.3, 0.4) is 0 Å². The first-order valence-corrected chi connectivity index (χ1v) is 7.07. The lowest BCUT2D eigenvalue weighted by atomic mass is 10.3. The average molecular weight is 282 g/mol. The van der Waals surface area contributed by atoms with Crippen LogP contribution < -0.4 is 0 Å². The molecule has 2 aromatic rings. The van der Waals surface area contributed by atoms with Crippen molar-refractivity contribution in [1.82, 2.24) is 9.78 Å². The topological polar surface area (TPSA) is 44.1 Å². The maximum atomic E-state index is 11.8. The van der Waals surface area contributed by atoms with Crippen molar-refractivity contribution >= 4 is 5.97 Å². The molecule has 0 N–H and O–H groups in total. The van der Waals surface area contributed by atoms with Gasteiger partial charge in [-0.1, -0.05) is 31.0 Å². The number of hydrogen-bond donors (Lipinski definition) is 0. The fourth-order valence-corrected chi connectivity index (χ4v) is 1.82. The molecule has 0 spiro atoms. The van der Waals surface area contributed by atoms with Gasteiger partial charge >= 0.3 is 5.97 Å². The molecule has 108 valence electrons. The molecule has 0 saturated carbocycles. The first-order valence-electron chi connectivity index (χ1n) is 7.07. The highest BCUT2D eigenvalue weighted by Gasteiger charge is 2.15. The summed E-state index contributed by atoms with van der Waals surface area (Å²) in [5, 5.41) is 4.32. The highest BCUT2D eigenvalue weighted by molar-refractivity contribution is 5.87. The number of carbonyl (C=O) groups excluding carboxylic acids is 1. The van der Waals surface area contributed by atoms with Crippen LogP contribution in [0.2, 0.25) is 0 Å². The summed E-state index contributed by atoms with van der Waals surface area (Å²) in [6.45, 7) is 4.18. The van der Waals surface area contributed by atoms with E-state index in [-0.39, 0.29) is 5.69 Å². The van der Waals surface area contributed by atoms with Gasteiger partial charge in [-0.25, -0.2) is 9.48 Å². The van der Waals surface area contributed by atoms with E-state index in [9.17, 15) is 4.79 Å². The molecule has 0 saturated heterocycles. The molecule has 21 heavy (non-hydrogen) atoms. The second kappa shape index (κ2) is 7.30. The molecule has 0 atom stereocenters. The van der Waals surface area contributed by atoms with Crippen molar-refractivity contribution in [2.24, 2.45) is 0 Å². The lowest BCUT2D eigenvalue weighted by Gasteiger charge is -2.02. The van der Waals surface area contributed by atoms with Crippen molar-refractivity contribution in [2.75, 3.05) is 6.61 Å². The van der Waals surface area contributed by atoms with Gasteiger partial charge in [0, 0.05) is 12.5 Å². The Hall–Kier alpha value is -2.54. The van der Waals surface area contributed by atoms with Gasteiger partial charge in [0.25, 0.3) is 0 Å². The molecule has 4 nitrogen and oxygen atoms in total. The standard InChI is InChI=1S/C17H18N2O2/c1-3-5-7-12-15-13-16(17(20)21-4-2)18-19(15)14-10-8-6-9-11-14/h6,8-11,13H,3-5H2,1-2H3. The maximum Gasteiger partial charge on any atom is 0.358 e. The van der Waals surface area contributed by atoms with E-state index in [0.29, 0.717) is 12.3 Å². The van der Waals surface area contributed by atoms with Gasteiger partial charge in [0.05, 0.1) is 12.3 Å². The van der Waals surface area contributed by atoms with Crippen LogP contribution >= 0.6 is 0 Å². The van der Waals surface area contributed by atoms with Gasteiger partial charge < -0.3 is 4.74 Å². The van der Waals surface area contributed by atoms with Gasteiger partial charge in [-0.2, -0.15) is 5.10 Å². The van der Waals surface area contributed by atoms with Gasteiger partial charge in [-0.3, -0.25) is 0 Å². The molecule has 0 fully saturated rings. The molecular weight excluding hydrogens is 264 g/mol. The number of nitrogens with zero attached hydrogens (tertiary/aromatic N) is 2. The number of aromatic nitrogens is 2. The Balaban J connectivity index is 2.42. The van der Waals surface area contributed by atoms with E-state index < -0.39 is 5.97 Å². The van der Waals surface area contributed by atoms with Crippen molar-refractivity contribution in [3.05, 3.63) is 47.8 Å². The molecule has 0 unspecified atom stereocenters. The summed E-state index contributed by atoms with van der Waals surface area (Å²) in [4.78, 5) is 11.8. The lowest BCUT2D eigenvalue weighted by molar-refractivity contribution is 0.0519. The minimum atomic E-state index is -0.425. The zero-order valence-corrected chi connectivity index (χ0v) is 12.3. The van der Waals surface area contributed by atoms with Gasteiger partial charge in [0.1, 0.15) is 5.69 Å². The smallest absolute Gasteiger partial charge is 0.358 e. The number of para-hydroxylation sites is 1. The van der Waals surface area contributed by atoms with E-state index >= 15 is 0 Å². The van der Waals surface area contributed by atoms with Crippen LogP contribution in [0.15, 0.2) is 36.4 Å². The monoisotopic (exact) mass is 282 g/mol. The summed E-state index contributed by atoms with van der Waals surface area (Å²) in [5.41, 5.74) is 1.84. The largest absolute Gasteiger partial charge is 0.461 e. The molecule has 1 heterocycles. The molecule has 0 amide bonds. The molecule has 0 aliphatic heterocycles. The van der Waals surface area contributed by atoms with Crippen molar-refractivity contribution in [3.63, 3.8) is 0 Å². The van der Waals surface area contributed by atoms with E-state index in [2.05, 4.69) is 23.9 Å². The average Bonchev–Trinajstić information content (AvgIpc) is 2.93. The Kier molecular flexibility index (Phi) is 5.16. The molecule has 0 radical (unpaired) electrons. The first-order chi connectivity index (χ1) is 10.3. The highest BCUT2D eigenvalue weighted by Crippen LogP contribution is 2.13. The minimum Gasteiger partial charge on any atom is -0.461 e. The quantitative estimate of drug-likeness (QED) is 0.639. The van der Waals surface area contributed by atoms with E-state index in [1.807, 2.05) is 30.3 Å². The third-order valence-electron chi connectivity index (χ3n) is 2.79. The summed E-state index contributed by atoms with van der Waals surface area (Å²) in [6, 6.07) is 11.3. The summed E-state index contributed by atoms with van der Waals surface area (Å²) in [5.74, 6) is 5.73. The molecule has 1 aromatic carbocycles. The second-order valence-corrected chi connectivity index (χ2v) is 4.43. The molecular formula is C17H18N2O2. The molecule has 1 aromatic heterocycles. The van der Waals surface area contributed by atoms with Gasteiger partial charge in [-0.05, 0) is 31.4 Å². The van der Waals surface area contributed by atoms with Crippen LogP contribution in [-0.4, -0.2) is 22.4 Å². The van der Waals surface area contributed by atoms with E-state index in [1.54, 1.807) is 17.7 Å². The predicted molar refractivity (Wildman–Crippen MR) is 81.3 cm³/mol. The Morgan fingerprint density at radius 1 is 1.29 bits per heavy atom. The Labute approximate surface area is 124 Å². The fraction of sp³-hybridized carbons (Fsp3) is 0.294. The third-order valence-corrected chi connectivity index (χ3v) is 2.79. The molecule has 0 aliphatic rings. The zero-order chi connectivity index (χ0) is 15.1. The number of ether oxygens (including phenoxy) is 1. The number of unbranched alkanes of at least 4 members (excludes halogenated alkanes) is 1. The summed E-state index contributed by atoms with van der Waals surface area (Å²) in [7, 11) is 0. The third kappa shape index (κ3) is 3.73.